The van der Waals surface area contributed by atoms with Crippen LogP contribution in [0.1, 0.15) is 43.0 Å². The minimum Gasteiger partial charge on any atom is -0.295 e. The normalized spacial score (nSPS) is 28.0. The van der Waals surface area contributed by atoms with Crippen LogP contribution in [0.2, 0.25) is 0 Å². The summed E-state index contributed by atoms with van der Waals surface area (Å²) < 4.78 is 27.3. The molecule has 0 aromatic heterocycles. The Morgan fingerprint density at radius 3 is 2.43 bits per heavy atom. The standard InChI is InChI=1S/C16H21NO3S/c1-11(18)13-4-6-16(7-5-13)21(19,20)17-10-15-9-12-2-3-14(15)8-12/h4-7,12,14-15,17H,2-3,8-10H2,1H3/t12-,14-,15-/m0/s1. The first-order chi connectivity index (χ1) is 9.95. The third-order valence-electron chi connectivity index (χ3n) is 4.99. The largest absolute Gasteiger partial charge is 0.295 e. The van der Waals surface area contributed by atoms with Gasteiger partial charge in [0.15, 0.2) is 5.78 Å². The lowest BCUT2D eigenvalue weighted by molar-refractivity contribution is 0.101. The topological polar surface area (TPSA) is 63.2 Å². The third kappa shape index (κ3) is 3.04. The fraction of sp³-hybridized carbons (Fsp3) is 0.562. The van der Waals surface area contributed by atoms with Crippen molar-refractivity contribution in [2.75, 3.05) is 6.54 Å². The van der Waals surface area contributed by atoms with Crippen LogP contribution in [-0.4, -0.2) is 20.7 Å². The Hall–Kier alpha value is -1.20. The highest BCUT2D eigenvalue weighted by molar-refractivity contribution is 7.89. The lowest BCUT2D eigenvalue weighted by atomic mass is 9.89. The van der Waals surface area contributed by atoms with Gasteiger partial charge in [-0.05, 0) is 56.1 Å². The second-order valence-electron chi connectivity index (χ2n) is 6.37. The van der Waals surface area contributed by atoms with E-state index in [9.17, 15) is 13.2 Å². The molecule has 0 saturated heterocycles. The number of Topliss-reactive ketones (excluding diaryl/α,β-unsaturated/α-hetero) is 1. The summed E-state index contributed by atoms with van der Waals surface area (Å²) in [6.45, 7) is 2.01. The van der Waals surface area contributed by atoms with Crippen LogP contribution < -0.4 is 4.72 Å². The SMILES string of the molecule is CC(=O)c1ccc(S(=O)(=O)NC[C@@H]2C[C@H]3CC[C@H]2C3)cc1. The van der Waals surface area contributed by atoms with Gasteiger partial charge in [0.25, 0.3) is 0 Å². The fourth-order valence-electron chi connectivity index (χ4n) is 3.80. The Balaban J connectivity index is 1.65. The maximum atomic E-state index is 12.3. The molecule has 2 aliphatic rings. The van der Waals surface area contributed by atoms with Crippen molar-refractivity contribution in [1.82, 2.24) is 4.72 Å². The predicted molar refractivity (Wildman–Crippen MR) is 80.6 cm³/mol. The van der Waals surface area contributed by atoms with Gasteiger partial charge in [0.2, 0.25) is 10.0 Å². The van der Waals surface area contributed by atoms with Gasteiger partial charge in [-0.2, -0.15) is 0 Å². The molecule has 3 rings (SSSR count). The molecule has 1 aromatic carbocycles. The first-order valence-corrected chi connectivity index (χ1v) is 9.04. The maximum Gasteiger partial charge on any atom is 0.240 e. The van der Waals surface area contributed by atoms with E-state index < -0.39 is 10.0 Å². The highest BCUT2D eigenvalue weighted by Gasteiger charge is 2.39. The zero-order valence-electron chi connectivity index (χ0n) is 12.2. The van der Waals surface area contributed by atoms with Crippen molar-refractivity contribution in [3.63, 3.8) is 0 Å². The lowest BCUT2D eigenvalue weighted by Crippen LogP contribution is -2.31. The van der Waals surface area contributed by atoms with Gasteiger partial charge < -0.3 is 0 Å². The number of hydrogen-bond donors (Lipinski definition) is 1. The monoisotopic (exact) mass is 307 g/mol. The molecule has 1 aromatic rings. The van der Waals surface area contributed by atoms with E-state index >= 15 is 0 Å². The van der Waals surface area contributed by atoms with Crippen LogP contribution in [0.4, 0.5) is 0 Å². The van der Waals surface area contributed by atoms with Crippen LogP contribution in [-0.2, 0) is 10.0 Å². The summed E-state index contributed by atoms with van der Waals surface area (Å²) in [4.78, 5) is 11.4. The van der Waals surface area contributed by atoms with Crippen molar-refractivity contribution in [3.8, 4) is 0 Å². The van der Waals surface area contributed by atoms with Crippen LogP contribution in [0.5, 0.6) is 0 Å². The summed E-state index contributed by atoms with van der Waals surface area (Å²) >= 11 is 0. The summed E-state index contributed by atoms with van der Waals surface area (Å²) in [5, 5.41) is 0. The van der Waals surface area contributed by atoms with Crippen molar-refractivity contribution < 1.29 is 13.2 Å². The lowest BCUT2D eigenvalue weighted by Gasteiger charge is -2.21. The maximum absolute atomic E-state index is 12.3. The van der Waals surface area contributed by atoms with Gasteiger partial charge in [-0.25, -0.2) is 13.1 Å². The van der Waals surface area contributed by atoms with E-state index in [1.807, 2.05) is 0 Å². The molecule has 0 aliphatic heterocycles. The first-order valence-electron chi connectivity index (χ1n) is 7.56. The molecule has 5 heteroatoms. The van der Waals surface area contributed by atoms with Gasteiger partial charge in [-0.1, -0.05) is 18.6 Å². The number of carbonyl (C=O) groups excluding carboxylic acids is 1. The average molecular weight is 307 g/mol. The number of benzene rings is 1. The minimum atomic E-state index is -3.47. The van der Waals surface area contributed by atoms with E-state index in [0.717, 1.165) is 12.3 Å². The molecule has 4 nitrogen and oxygen atoms in total. The molecule has 2 aliphatic carbocycles. The molecule has 21 heavy (non-hydrogen) atoms. The van der Waals surface area contributed by atoms with Crippen LogP contribution in [0.3, 0.4) is 0 Å². The summed E-state index contributed by atoms with van der Waals surface area (Å²) in [6.07, 6.45) is 5.01. The Morgan fingerprint density at radius 1 is 1.19 bits per heavy atom. The van der Waals surface area contributed by atoms with Crippen molar-refractivity contribution in [2.45, 2.75) is 37.5 Å². The number of hydrogen-bond acceptors (Lipinski definition) is 3. The molecule has 2 fully saturated rings. The Kier molecular flexibility index (Phi) is 3.88. The van der Waals surface area contributed by atoms with Crippen molar-refractivity contribution in [2.24, 2.45) is 17.8 Å². The summed E-state index contributed by atoms with van der Waals surface area (Å²) in [6, 6.07) is 6.13. The number of rotatable bonds is 5. The van der Waals surface area contributed by atoms with Gasteiger partial charge in [0, 0.05) is 12.1 Å². The Morgan fingerprint density at radius 2 is 1.90 bits per heavy atom. The smallest absolute Gasteiger partial charge is 0.240 e. The second-order valence-corrected chi connectivity index (χ2v) is 8.13. The Bertz CT molecular complexity index is 636. The van der Waals surface area contributed by atoms with E-state index in [1.54, 1.807) is 12.1 Å². The van der Waals surface area contributed by atoms with Crippen LogP contribution in [0, 0.1) is 17.8 Å². The van der Waals surface area contributed by atoms with Gasteiger partial charge in [-0.15, -0.1) is 0 Å². The molecular formula is C16H21NO3S. The van der Waals surface area contributed by atoms with E-state index in [1.165, 1.54) is 38.3 Å². The summed E-state index contributed by atoms with van der Waals surface area (Å²) in [7, 11) is -3.47. The number of fused-ring (bicyclic) bond motifs is 2. The van der Waals surface area contributed by atoms with E-state index in [0.29, 0.717) is 23.9 Å². The number of nitrogens with one attached hydrogen (secondary N) is 1. The average Bonchev–Trinajstić information content (AvgIpc) is 3.08. The highest BCUT2D eigenvalue weighted by atomic mass is 32.2. The minimum absolute atomic E-state index is 0.0612. The first kappa shape index (κ1) is 14.7. The van der Waals surface area contributed by atoms with Crippen molar-refractivity contribution >= 4 is 15.8 Å². The van der Waals surface area contributed by atoms with E-state index in [-0.39, 0.29) is 10.7 Å². The molecule has 2 bridgehead atoms. The number of carbonyl (C=O) groups is 1. The molecule has 0 spiro atoms. The van der Waals surface area contributed by atoms with E-state index in [2.05, 4.69) is 4.72 Å². The quantitative estimate of drug-likeness (QED) is 0.851. The Labute approximate surface area is 126 Å². The molecule has 2 saturated carbocycles. The molecule has 0 heterocycles. The molecule has 0 amide bonds. The van der Waals surface area contributed by atoms with Crippen LogP contribution in [0.25, 0.3) is 0 Å². The number of ketones is 1. The second kappa shape index (κ2) is 5.54. The molecule has 3 atom stereocenters. The van der Waals surface area contributed by atoms with Gasteiger partial charge >= 0.3 is 0 Å². The summed E-state index contributed by atoms with van der Waals surface area (Å²) in [5.41, 5.74) is 0.530. The van der Waals surface area contributed by atoms with Crippen molar-refractivity contribution in [1.29, 1.82) is 0 Å². The highest BCUT2D eigenvalue weighted by Crippen LogP contribution is 2.48. The predicted octanol–water partition coefficient (Wildman–Crippen LogP) is 2.60. The molecule has 0 unspecified atom stereocenters. The molecule has 114 valence electrons. The zero-order valence-corrected chi connectivity index (χ0v) is 13.0. The summed E-state index contributed by atoms with van der Waals surface area (Å²) in [5.74, 6) is 1.96. The molecule has 0 radical (unpaired) electrons. The van der Waals surface area contributed by atoms with Crippen molar-refractivity contribution in [3.05, 3.63) is 29.8 Å². The van der Waals surface area contributed by atoms with Gasteiger partial charge in [0.05, 0.1) is 4.90 Å². The zero-order chi connectivity index (χ0) is 15.0. The number of sulfonamides is 1. The van der Waals surface area contributed by atoms with Crippen LogP contribution >= 0.6 is 0 Å². The van der Waals surface area contributed by atoms with Gasteiger partial charge in [0.1, 0.15) is 0 Å². The fourth-order valence-corrected chi connectivity index (χ4v) is 4.89. The molecular weight excluding hydrogens is 286 g/mol. The van der Waals surface area contributed by atoms with E-state index in [4.69, 9.17) is 0 Å². The van der Waals surface area contributed by atoms with Gasteiger partial charge in [-0.3, -0.25) is 4.79 Å². The third-order valence-corrected chi connectivity index (χ3v) is 6.43. The van der Waals surface area contributed by atoms with Crippen LogP contribution in [0.15, 0.2) is 29.2 Å². The molecule has 1 N–H and O–H groups in total.